The van der Waals surface area contributed by atoms with Crippen molar-refractivity contribution in [2.45, 2.75) is 17.7 Å². The van der Waals surface area contributed by atoms with Crippen molar-refractivity contribution in [3.8, 4) is 0 Å². The van der Waals surface area contributed by atoms with Crippen LogP contribution < -0.4 is 10.6 Å². The minimum Gasteiger partial charge on any atom is -0.366 e. The number of anilines is 1. The van der Waals surface area contributed by atoms with Crippen molar-refractivity contribution < 1.29 is 18.9 Å². The van der Waals surface area contributed by atoms with Crippen molar-refractivity contribution in [3.05, 3.63) is 63.5 Å². The largest absolute Gasteiger partial charge is 0.366 e. The number of rotatable bonds is 5. The maximum atomic E-state index is 13.4. The fourth-order valence-electron chi connectivity index (χ4n) is 2.98. The molecule has 0 aliphatic carbocycles. The van der Waals surface area contributed by atoms with E-state index in [1.807, 2.05) is 0 Å². The summed E-state index contributed by atoms with van der Waals surface area (Å²) in [6.45, 7) is 0.515. The summed E-state index contributed by atoms with van der Waals surface area (Å²) < 4.78 is 13.4. The van der Waals surface area contributed by atoms with Crippen molar-refractivity contribution in [2.75, 3.05) is 17.2 Å². The standard InChI is InChI=1S/C18H16FN3O4S/c19-13-4-5-14-11(8-13)2-1-7-21(14)17(23)10-27-16-6-3-12(18(20)24)9-15(16)22(25)26/h3-6,8-9H,1-2,7,10H2,(H2,20,24). The Balaban J connectivity index is 1.77. The summed E-state index contributed by atoms with van der Waals surface area (Å²) in [7, 11) is 0. The average Bonchev–Trinajstić information content (AvgIpc) is 2.64. The molecule has 0 unspecified atom stereocenters. The average molecular weight is 389 g/mol. The molecule has 0 atom stereocenters. The Hall–Kier alpha value is -2.94. The maximum Gasteiger partial charge on any atom is 0.283 e. The molecule has 2 aromatic rings. The van der Waals surface area contributed by atoms with Crippen LogP contribution in [0.1, 0.15) is 22.3 Å². The summed E-state index contributed by atoms with van der Waals surface area (Å²) in [6, 6.07) is 8.22. The molecule has 0 radical (unpaired) electrons. The van der Waals surface area contributed by atoms with E-state index in [-0.39, 0.29) is 33.6 Å². The number of hydrogen-bond donors (Lipinski definition) is 1. The lowest BCUT2D eigenvalue weighted by molar-refractivity contribution is -0.387. The SMILES string of the molecule is NC(=O)c1ccc(SCC(=O)N2CCCc3cc(F)ccc32)c([N+](=O)[O-])c1. The van der Waals surface area contributed by atoms with Crippen molar-refractivity contribution in [1.29, 1.82) is 0 Å². The molecule has 2 amide bonds. The molecule has 0 saturated heterocycles. The second-order valence-corrected chi connectivity index (χ2v) is 7.03. The Morgan fingerprint density at radius 3 is 2.74 bits per heavy atom. The smallest absolute Gasteiger partial charge is 0.283 e. The van der Waals surface area contributed by atoms with Crippen LogP contribution in [0.15, 0.2) is 41.3 Å². The van der Waals surface area contributed by atoms with Gasteiger partial charge in [-0.1, -0.05) is 0 Å². The van der Waals surface area contributed by atoms with Crippen molar-refractivity contribution in [2.24, 2.45) is 5.73 Å². The fourth-order valence-corrected chi connectivity index (χ4v) is 3.86. The van der Waals surface area contributed by atoms with Crippen LogP contribution in [0.25, 0.3) is 0 Å². The molecule has 0 spiro atoms. The van der Waals surface area contributed by atoms with E-state index in [4.69, 9.17) is 5.73 Å². The highest BCUT2D eigenvalue weighted by Crippen LogP contribution is 2.32. The van der Waals surface area contributed by atoms with Crippen LogP contribution in [0.5, 0.6) is 0 Å². The lowest BCUT2D eigenvalue weighted by Gasteiger charge is -2.29. The molecule has 0 bridgehead atoms. The summed E-state index contributed by atoms with van der Waals surface area (Å²) in [4.78, 5) is 36.3. The lowest BCUT2D eigenvalue weighted by atomic mass is 10.0. The second kappa shape index (κ2) is 7.75. The topological polar surface area (TPSA) is 107 Å². The van der Waals surface area contributed by atoms with Crippen LogP contribution in [0.3, 0.4) is 0 Å². The van der Waals surface area contributed by atoms with Crippen molar-refractivity contribution >= 4 is 35.0 Å². The lowest BCUT2D eigenvalue weighted by Crippen LogP contribution is -2.36. The molecule has 2 aromatic carbocycles. The molecule has 27 heavy (non-hydrogen) atoms. The van der Waals surface area contributed by atoms with Gasteiger partial charge in [-0.3, -0.25) is 19.7 Å². The number of nitrogens with zero attached hydrogens (tertiary/aromatic N) is 2. The molecule has 1 aliphatic heterocycles. The third-order valence-electron chi connectivity index (χ3n) is 4.25. The molecule has 3 rings (SSSR count). The molecule has 1 aliphatic rings. The van der Waals surface area contributed by atoms with E-state index in [0.29, 0.717) is 18.7 Å². The first-order valence-electron chi connectivity index (χ1n) is 8.16. The number of benzene rings is 2. The monoisotopic (exact) mass is 389 g/mol. The van der Waals surface area contributed by atoms with Gasteiger partial charge in [-0.25, -0.2) is 4.39 Å². The van der Waals surface area contributed by atoms with Crippen molar-refractivity contribution in [1.82, 2.24) is 0 Å². The van der Waals surface area contributed by atoms with Crippen LogP contribution in [0.4, 0.5) is 15.8 Å². The van der Waals surface area contributed by atoms with Gasteiger partial charge >= 0.3 is 0 Å². The quantitative estimate of drug-likeness (QED) is 0.481. The number of nitrogens with two attached hydrogens (primary N) is 1. The molecule has 0 saturated carbocycles. The Morgan fingerprint density at radius 1 is 1.26 bits per heavy atom. The fraction of sp³-hybridized carbons (Fsp3) is 0.222. The number of aryl methyl sites for hydroxylation is 1. The van der Waals surface area contributed by atoms with Crippen LogP contribution in [0.2, 0.25) is 0 Å². The van der Waals surface area contributed by atoms with Gasteiger partial charge in [0.05, 0.1) is 15.6 Å². The molecular weight excluding hydrogens is 373 g/mol. The van der Waals surface area contributed by atoms with E-state index < -0.39 is 10.8 Å². The number of nitro groups is 1. The highest BCUT2D eigenvalue weighted by atomic mass is 32.2. The molecule has 1 heterocycles. The summed E-state index contributed by atoms with van der Waals surface area (Å²) in [5.74, 6) is -1.35. The predicted octanol–water partition coefficient (Wildman–Crippen LogP) is 2.90. The number of nitro benzene ring substituents is 1. The number of hydrogen-bond acceptors (Lipinski definition) is 5. The van der Waals surface area contributed by atoms with Gasteiger partial charge in [0.2, 0.25) is 11.8 Å². The summed E-state index contributed by atoms with van der Waals surface area (Å²) in [5, 5.41) is 11.2. The summed E-state index contributed by atoms with van der Waals surface area (Å²) >= 11 is 1.02. The first-order valence-corrected chi connectivity index (χ1v) is 9.15. The van der Waals surface area contributed by atoms with E-state index in [1.165, 1.54) is 24.3 Å². The molecule has 2 N–H and O–H groups in total. The van der Waals surface area contributed by atoms with E-state index >= 15 is 0 Å². The van der Waals surface area contributed by atoms with Gasteiger partial charge in [-0.2, -0.15) is 0 Å². The van der Waals surface area contributed by atoms with Gasteiger partial charge in [0.1, 0.15) is 5.82 Å². The Kier molecular flexibility index (Phi) is 5.41. The predicted molar refractivity (Wildman–Crippen MR) is 99.4 cm³/mol. The third kappa shape index (κ3) is 4.08. The highest BCUT2D eigenvalue weighted by molar-refractivity contribution is 8.00. The highest BCUT2D eigenvalue weighted by Gasteiger charge is 2.24. The zero-order chi connectivity index (χ0) is 19.6. The van der Waals surface area contributed by atoms with Crippen LogP contribution in [-0.2, 0) is 11.2 Å². The van der Waals surface area contributed by atoms with Gasteiger partial charge in [-0.05, 0) is 48.7 Å². The minimum absolute atomic E-state index is 0.0203. The van der Waals surface area contributed by atoms with E-state index in [1.54, 1.807) is 11.0 Å². The summed E-state index contributed by atoms with van der Waals surface area (Å²) in [5.41, 5.74) is 6.36. The maximum absolute atomic E-state index is 13.4. The number of carbonyl (C=O) groups excluding carboxylic acids is 2. The Morgan fingerprint density at radius 2 is 2.04 bits per heavy atom. The number of halogens is 1. The molecular formula is C18H16FN3O4S. The molecule has 7 nitrogen and oxygen atoms in total. The minimum atomic E-state index is -0.761. The Labute approximate surface area is 158 Å². The molecule has 0 fully saturated rings. The molecule has 9 heteroatoms. The number of carbonyl (C=O) groups is 2. The number of thioether (sulfide) groups is 1. The zero-order valence-corrected chi connectivity index (χ0v) is 15.0. The second-order valence-electron chi connectivity index (χ2n) is 6.01. The number of fused-ring (bicyclic) bond motifs is 1. The van der Waals surface area contributed by atoms with E-state index in [0.717, 1.165) is 29.8 Å². The van der Waals surface area contributed by atoms with Crippen molar-refractivity contribution in [3.63, 3.8) is 0 Å². The normalized spacial score (nSPS) is 13.1. The van der Waals surface area contributed by atoms with Gasteiger partial charge in [0.25, 0.3) is 5.69 Å². The molecule has 140 valence electrons. The molecule has 0 aromatic heterocycles. The van der Waals surface area contributed by atoms with E-state index in [2.05, 4.69) is 0 Å². The summed E-state index contributed by atoms with van der Waals surface area (Å²) in [6.07, 6.45) is 1.42. The third-order valence-corrected chi connectivity index (χ3v) is 5.30. The number of primary amides is 1. The van der Waals surface area contributed by atoms with Crippen LogP contribution in [-0.4, -0.2) is 29.0 Å². The first-order chi connectivity index (χ1) is 12.9. The van der Waals surface area contributed by atoms with Gasteiger partial charge < -0.3 is 10.6 Å². The zero-order valence-electron chi connectivity index (χ0n) is 14.2. The number of amides is 2. The van der Waals surface area contributed by atoms with Crippen LogP contribution in [0, 0.1) is 15.9 Å². The first kappa shape index (κ1) is 18.8. The van der Waals surface area contributed by atoms with Crippen LogP contribution >= 0.6 is 11.8 Å². The van der Waals surface area contributed by atoms with Gasteiger partial charge in [-0.15, -0.1) is 11.8 Å². The van der Waals surface area contributed by atoms with E-state index in [9.17, 15) is 24.1 Å². The van der Waals surface area contributed by atoms with Gasteiger partial charge in [0.15, 0.2) is 0 Å². The van der Waals surface area contributed by atoms with Gasteiger partial charge in [0, 0.05) is 23.9 Å². The Bertz CT molecular complexity index is 935.